The van der Waals surface area contributed by atoms with Gasteiger partial charge in [-0.3, -0.25) is 9.78 Å². The second kappa shape index (κ2) is 5.42. The summed E-state index contributed by atoms with van der Waals surface area (Å²) < 4.78 is 0. The molecule has 0 radical (unpaired) electrons. The van der Waals surface area contributed by atoms with Crippen molar-refractivity contribution in [3.63, 3.8) is 0 Å². The van der Waals surface area contributed by atoms with Crippen molar-refractivity contribution in [3.05, 3.63) is 40.9 Å². The van der Waals surface area contributed by atoms with Crippen molar-refractivity contribution in [1.82, 2.24) is 25.3 Å². The Morgan fingerprint density at radius 2 is 2.33 bits per heavy atom. The molecule has 0 spiro atoms. The SMILES string of the molecule is O=C(c1ccncc1Cl)N1CCCC(O)(c2cn[nH]n2)C1. The van der Waals surface area contributed by atoms with Gasteiger partial charge in [0.05, 0.1) is 23.3 Å². The summed E-state index contributed by atoms with van der Waals surface area (Å²) in [6.07, 6.45) is 5.65. The van der Waals surface area contributed by atoms with Crippen LogP contribution in [0.2, 0.25) is 5.02 Å². The highest BCUT2D eigenvalue weighted by atomic mass is 35.5. The van der Waals surface area contributed by atoms with E-state index in [0.717, 1.165) is 0 Å². The van der Waals surface area contributed by atoms with Crippen LogP contribution < -0.4 is 0 Å². The normalized spacial score (nSPS) is 22.3. The molecule has 1 atom stereocenters. The second-order valence-corrected chi connectivity index (χ2v) is 5.48. The molecule has 1 fully saturated rings. The maximum atomic E-state index is 12.5. The third kappa shape index (κ3) is 2.62. The summed E-state index contributed by atoms with van der Waals surface area (Å²) in [7, 11) is 0. The zero-order valence-electron chi connectivity index (χ0n) is 11.2. The number of aliphatic hydroxyl groups is 1. The number of halogens is 1. The molecule has 21 heavy (non-hydrogen) atoms. The van der Waals surface area contributed by atoms with Gasteiger partial charge < -0.3 is 10.0 Å². The van der Waals surface area contributed by atoms with Crippen LogP contribution in [0.1, 0.15) is 28.9 Å². The first kappa shape index (κ1) is 14.0. The predicted octanol–water partition coefficient (Wildman–Crippen LogP) is 0.977. The standard InChI is InChI=1S/C13H14ClN5O2/c14-10-6-15-4-2-9(10)12(20)19-5-1-3-13(21,8-19)11-7-16-18-17-11/h2,4,6-7,21H,1,3,5,8H2,(H,16,17,18). The van der Waals surface area contributed by atoms with Crippen LogP contribution in [-0.2, 0) is 5.60 Å². The maximum absolute atomic E-state index is 12.5. The fourth-order valence-electron chi connectivity index (χ4n) is 2.56. The Kier molecular flexibility index (Phi) is 3.60. The Labute approximate surface area is 125 Å². The Morgan fingerprint density at radius 3 is 3.05 bits per heavy atom. The van der Waals surface area contributed by atoms with E-state index in [2.05, 4.69) is 20.4 Å². The van der Waals surface area contributed by atoms with Crippen LogP contribution in [-0.4, -0.2) is 49.4 Å². The van der Waals surface area contributed by atoms with Crippen LogP contribution in [0, 0.1) is 0 Å². The monoisotopic (exact) mass is 307 g/mol. The number of aromatic nitrogens is 4. The smallest absolute Gasteiger partial charge is 0.255 e. The minimum absolute atomic E-state index is 0.164. The van der Waals surface area contributed by atoms with E-state index in [-0.39, 0.29) is 12.5 Å². The molecule has 1 aliphatic heterocycles. The zero-order chi connectivity index (χ0) is 14.9. The van der Waals surface area contributed by atoms with Gasteiger partial charge in [0.1, 0.15) is 11.3 Å². The van der Waals surface area contributed by atoms with Gasteiger partial charge in [-0.15, -0.1) is 0 Å². The molecule has 1 saturated heterocycles. The van der Waals surface area contributed by atoms with Crippen molar-refractivity contribution in [2.75, 3.05) is 13.1 Å². The third-order valence-corrected chi connectivity index (χ3v) is 3.95. The predicted molar refractivity (Wildman–Crippen MR) is 74.7 cm³/mol. The van der Waals surface area contributed by atoms with Gasteiger partial charge in [0.25, 0.3) is 5.91 Å². The first-order valence-corrected chi connectivity index (χ1v) is 6.95. The van der Waals surface area contributed by atoms with Gasteiger partial charge in [-0.1, -0.05) is 11.6 Å². The number of amides is 1. The molecular weight excluding hydrogens is 294 g/mol. The van der Waals surface area contributed by atoms with Crippen molar-refractivity contribution in [2.24, 2.45) is 0 Å². The summed E-state index contributed by atoms with van der Waals surface area (Å²) in [6.45, 7) is 0.731. The summed E-state index contributed by atoms with van der Waals surface area (Å²) in [6, 6.07) is 1.58. The lowest BCUT2D eigenvalue weighted by molar-refractivity contribution is -0.0320. The lowest BCUT2D eigenvalue weighted by Gasteiger charge is -2.38. The summed E-state index contributed by atoms with van der Waals surface area (Å²) >= 11 is 6.01. The number of pyridine rings is 1. The molecule has 0 bridgehead atoms. The van der Waals surface area contributed by atoms with Crippen LogP contribution in [0.15, 0.2) is 24.7 Å². The summed E-state index contributed by atoms with van der Waals surface area (Å²) in [5.41, 5.74) is -0.350. The number of β-amino-alcohol motifs (C(OH)–C–C–N with tert-alkyl or cyclic N) is 1. The summed E-state index contributed by atoms with van der Waals surface area (Å²) in [5, 5.41) is 21.1. The number of piperidine rings is 1. The molecule has 0 aliphatic carbocycles. The number of hydrogen-bond acceptors (Lipinski definition) is 5. The molecule has 2 N–H and O–H groups in total. The highest BCUT2D eigenvalue weighted by molar-refractivity contribution is 6.33. The van der Waals surface area contributed by atoms with Gasteiger partial charge in [0.15, 0.2) is 0 Å². The van der Waals surface area contributed by atoms with Crippen LogP contribution in [0.5, 0.6) is 0 Å². The van der Waals surface area contributed by atoms with E-state index in [4.69, 9.17) is 11.6 Å². The highest BCUT2D eigenvalue weighted by Crippen LogP contribution is 2.31. The lowest BCUT2D eigenvalue weighted by atomic mass is 9.89. The quantitative estimate of drug-likeness (QED) is 0.862. The number of likely N-dealkylation sites (tertiary alicyclic amines) is 1. The topological polar surface area (TPSA) is 95.0 Å². The number of H-pyrrole nitrogens is 1. The minimum atomic E-state index is -1.18. The van der Waals surface area contributed by atoms with Crippen LogP contribution >= 0.6 is 11.6 Å². The number of carbonyl (C=O) groups excluding carboxylic acids is 1. The lowest BCUT2D eigenvalue weighted by Crippen LogP contribution is -2.48. The van der Waals surface area contributed by atoms with Gasteiger partial charge >= 0.3 is 0 Å². The molecule has 1 amide bonds. The van der Waals surface area contributed by atoms with E-state index in [1.165, 1.54) is 18.6 Å². The third-order valence-electron chi connectivity index (χ3n) is 3.65. The molecule has 8 heteroatoms. The number of nitrogens with one attached hydrogen (secondary N) is 1. The molecule has 3 rings (SSSR count). The van der Waals surface area contributed by atoms with Crippen molar-refractivity contribution in [3.8, 4) is 0 Å². The Hall–Kier alpha value is -1.99. The summed E-state index contributed by atoms with van der Waals surface area (Å²) in [4.78, 5) is 18.0. The van der Waals surface area contributed by atoms with Gasteiger partial charge in [-0.2, -0.15) is 15.4 Å². The average molecular weight is 308 g/mol. The van der Waals surface area contributed by atoms with E-state index in [9.17, 15) is 9.90 Å². The van der Waals surface area contributed by atoms with Crippen molar-refractivity contribution in [1.29, 1.82) is 0 Å². The number of carbonyl (C=O) groups is 1. The first-order valence-electron chi connectivity index (χ1n) is 6.57. The number of hydrogen-bond donors (Lipinski definition) is 2. The fraction of sp³-hybridized carbons (Fsp3) is 0.385. The van der Waals surface area contributed by atoms with E-state index < -0.39 is 5.60 Å². The van der Waals surface area contributed by atoms with Crippen molar-refractivity contribution in [2.45, 2.75) is 18.4 Å². The maximum Gasteiger partial charge on any atom is 0.255 e. The molecule has 0 saturated carbocycles. The zero-order valence-corrected chi connectivity index (χ0v) is 11.9. The van der Waals surface area contributed by atoms with Crippen LogP contribution in [0.3, 0.4) is 0 Å². The van der Waals surface area contributed by atoms with Crippen LogP contribution in [0.4, 0.5) is 0 Å². The number of aromatic amines is 1. The first-order chi connectivity index (χ1) is 10.1. The van der Waals surface area contributed by atoms with E-state index in [1.54, 1.807) is 11.0 Å². The van der Waals surface area contributed by atoms with Crippen molar-refractivity contribution >= 4 is 17.5 Å². The molecule has 1 aliphatic rings. The van der Waals surface area contributed by atoms with Gasteiger partial charge in [0, 0.05) is 18.9 Å². The minimum Gasteiger partial charge on any atom is -0.382 e. The van der Waals surface area contributed by atoms with Gasteiger partial charge in [-0.25, -0.2) is 0 Å². The highest BCUT2D eigenvalue weighted by Gasteiger charge is 2.39. The van der Waals surface area contributed by atoms with Gasteiger partial charge in [0.2, 0.25) is 0 Å². The fourth-order valence-corrected chi connectivity index (χ4v) is 2.76. The Morgan fingerprint density at radius 1 is 1.48 bits per heavy atom. The van der Waals surface area contributed by atoms with Crippen LogP contribution in [0.25, 0.3) is 0 Å². The summed E-state index contributed by atoms with van der Waals surface area (Å²) in [5.74, 6) is -0.219. The molecular formula is C13H14ClN5O2. The molecule has 7 nitrogen and oxygen atoms in total. The largest absolute Gasteiger partial charge is 0.382 e. The molecule has 110 valence electrons. The molecule has 0 aromatic carbocycles. The van der Waals surface area contributed by atoms with E-state index >= 15 is 0 Å². The Balaban J connectivity index is 1.84. The number of rotatable bonds is 2. The molecule has 3 heterocycles. The molecule has 1 unspecified atom stereocenters. The van der Waals surface area contributed by atoms with E-state index in [0.29, 0.717) is 35.7 Å². The molecule has 2 aromatic rings. The Bertz CT molecular complexity index is 648. The van der Waals surface area contributed by atoms with Gasteiger partial charge in [-0.05, 0) is 18.9 Å². The number of nitrogens with zero attached hydrogens (tertiary/aromatic N) is 4. The second-order valence-electron chi connectivity index (χ2n) is 5.07. The van der Waals surface area contributed by atoms with E-state index in [1.807, 2.05) is 0 Å². The average Bonchev–Trinajstić information content (AvgIpc) is 3.02. The van der Waals surface area contributed by atoms with Crippen molar-refractivity contribution < 1.29 is 9.90 Å². The molecule has 2 aromatic heterocycles.